The molecule has 0 atom stereocenters. The lowest BCUT2D eigenvalue weighted by Gasteiger charge is -2.25. The Labute approximate surface area is 128 Å². The molecule has 8 heteroatoms. The van der Waals surface area contributed by atoms with Crippen LogP contribution >= 0.6 is 11.6 Å². The number of carbonyl (C=O) groups is 1. The van der Waals surface area contributed by atoms with E-state index < -0.39 is 15.8 Å². The Kier molecular flexibility index (Phi) is 4.63. The number of nitrogen functional groups attached to an aromatic ring is 1. The number of anilines is 2. The summed E-state index contributed by atoms with van der Waals surface area (Å²) in [6.45, 7) is 0.794. The van der Waals surface area contributed by atoms with Gasteiger partial charge in [0.25, 0.3) is 0 Å². The van der Waals surface area contributed by atoms with Crippen molar-refractivity contribution in [1.82, 2.24) is 0 Å². The van der Waals surface area contributed by atoms with Gasteiger partial charge in [0.1, 0.15) is 0 Å². The third kappa shape index (κ3) is 3.59. The second-order valence-electron chi connectivity index (χ2n) is 4.88. The summed E-state index contributed by atoms with van der Waals surface area (Å²) < 4.78 is 28.1. The molecule has 1 aliphatic rings. The van der Waals surface area contributed by atoms with Crippen molar-refractivity contribution in [3.8, 4) is 0 Å². The number of halogens is 1. The summed E-state index contributed by atoms with van der Waals surface area (Å²) in [7, 11) is -1.77. The quantitative estimate of drug-likeness (QED) is 0.649. The molecule has 0 amide bonds. The summed E-state index contributed by atoms with van der Waals surface area (Å²) in [6.07, 6.45) is 0.490. The fraction of sp³-hybridized carbons (Fsp3) is 0.462. The summed E-state index contributed by atoms with van der Waals surface area (Å²) in [5.74, 6) is -0.371. The van der Waals surface area contributed by atoms with Crippen molar-refractivity contribution < 1.29 is 17.9 Å². The van der Waals surface area contributed by atoms with Crippen LogP contribution in [-0.2, 0) is 14.6 Å². The Hall–Kier alpha value is -1.47. The number of ether oxygens (including phenoxy) is 1. The summed E-state index contributed by atoms with van der Waals surface area (Å²) in [5, 5.41) is 0.315. The van der Waals surface area contributed by atoms with E-state index in [1.807, 2.05) is 0 Å². The van der Waals surface area contributed by atoms with E-state index in [1.54, 1.807) is 11.0 Å². The summed E-state index contributed by atoms with van der Waals surface area (Å²) in [4.78, 5) is 13.7. The van der Waals surface area contributed by atoms with Gasteiger partial charge >= 0.3 is 5.97 Å². The van der Waals surface area contributed by atoms with E-state index in [1.165, 1.54) is 13.2 Å². The van der Waals surface area contributed by atoms with Crippen molar-refractivity contribution >= 4 is 38.8 Å². The molecule has 1 aromatic rings. The SMILES string of the molecule is COC(=O)c1cc(N)cc(Cl)c1N1CCCS(=O)(=O)CC1. The Morgan fingerprint density at radius 1 is 1.33 bits per heavy atom. The van der Waals surface area contributed by atoms with Crippen LogP contribution in [0.15, 0.2) is 12.1 Å². The zero-order valence-electron chi connectivity index (χ0n) is 11.6. The van der Waals surface area contributed by atoms with Crippen LogP contribution < -0.4 is 10.6 Å². The lowest BCUT2D eigenvalue weighted by molar-refractivity contribution is 0.0601. The van der Waals surface area contributed by atoms with Crippen LogP contribution in [0.3, 0.4) is 0 Å². The number of methoxy groups -OCH3 is 1. The van der Waals surface area contributed by atoms with Gasteiger partial charge in [-0.1, -0.05) is 11.6 Å². The highest BCUT2D eigenvalue weighted by Gasteiger charge is 2.25. The lowest BCUT2D eigenvalue weighted by Crippen LogP contribution is -2.29. The Morgan fingerprint density at radius 3 is 2.71 bits per heavy atom. The highest BCUT2D eigenvalue weighted by atomic mass is 35.5. The first-order valence-electron chi connectivity index (χ1n) is 6.47. The number of benzene rings is 1. The predicted octanol–water partition coefficient (Wildman–Crippen LogP) is 1.33. The molecule has 0 aliphatic carbocycles. The molecule has 0 saturated carbocycles. The molecule has 2 rings (SSSR count). The van der Waals surface area contributed by atoms with Gasteiger partial charge in [0, 0.05) is 18.8 Å². The van der Waals surface area contributed by atoms with E-state index in [0.717, 1.165) is 0 Å². The number of nitrogens with two attached hydrogens (primary N) is 1. The second-order valence-corrected chi connectivity index (χ2v) is 7.59. The molecule has 0 radical (unpaired) electrons. The first-order valence-corrected chi connectivity index (χ1v) is 8.66. The van der Waals surface area contributed by atoms with Crippen molar-refractivity contribution in [3.05, 3.63) is 22.7 Å². The van der Waals surface area contributed by atoms with Crippen molar-refractivity contribution in [3.63, 3.8) is 0 Å². The molecule has 1 saturated heterocycles. The molecular formula is C13H17ClN2O4S. The summed E-state index contributed by atoms with van der Waals surface area (Å²) in [5.41, 5.74) is 6.80. The second kappa shape index (κ2) is 6.11. The number of hydrogen-bond acceptors (Lipinski definition) is 6. The van der Waals surface area contributed by atoms with Crippen molar-refractivity contribution in [2.24, 2.45) is 0 Å². The molecule has 116 valence electrons. The maximum absolute atomic E-state index is 11.9. The molecular weight excluding hydrogens is 316 g/mol. The molecule has 1 heterocycles. The van der Waals surface area contributed by atoms with Crippen LogP contribution in [0.4, 0.5) is 11.4 Å². The normalized spacial score (nSPS) is 18.1. The van der Waals surface area contributed by atoms with Crippen molar-refractivity contribution in [2.75, 3.05) is 42.3 Å². The van der Waals surface area contributed by atoms with Gasteiger partial charge in [-0.15, -0.1) is 0 Å². The maximum atomic E-state index is 11.9. The molecule has 0 unspecified atom stereocenters. The van der Waals surface area contributed by atoms with Crippen LogP contribution in [0.25, 0.3) is 0 Å². The van der Waals surface area contributed by atoms with Crippen LogP contribution in [0, 0.1) is 0 Å². The highest BCUT2D eigenvalue weighted by molar-refractivity contribution is 7.91. The van der Waals surface area contributed by atoms with E-state index in [2.05, 4.69) is 0 Å². The van der Waals surface area contributed by atoms with Crippen molar-refractivity contribution in [2.45, 2.75) is 6.42 Å². The van der Waals surface area contributed by atoms with Crippen LogP contribution in [0.1, 0.15) is 16.8 Å². The Bertz CT molecular complexity index is 660. The van der Waals surface area contributed by atoms with Gasteiger partial charge < -0.3 is 15.4 Å². The first kappa shape index (κ1) is 15.9. The van der Waals surface area contributed by atoms with Crippen LogP contribution in [-0.4, -0.2) is 46.1 Å². The van der Waals surface area contributed by atoms with Gasteiger partial charge in [0.05, 0.1) is 34.9 Å². The van der Waals surface area contributed by atoms with Gasteiger partial charge in [-0.25, -0.2) is 13.2 Å². The largest absolute Gasteiger partial charge is 0.465 e. The maximum Gasteiger partial charge on any atom is 0.340 e. The summed E-state index contributed by atoms with van der Waals surface area (Å²) >= 11 is 6.21. The van der Waals surface area contributed by atoms with Gasteiger partial charge in [0.15, 0.2) is 9.84 Å². The number of rotatable bonds is 2. The van der Waals surface area contributed by atoms with Gasteiger partial charge in [-0.05, 0) is 18.6 Å². The molecule has 1 aliphatic heterocycles. The summed E-state index contributed by atoms with van der Waals surface area (Å²) in [6, 6.07) is 3.04. The van der Waals surface area contributed by atoms with Gasteiger partial charge in [-0.3, -0.25) is 0 Å². The smallest absolute Gasteiger partial charge is 0.340 e. The van der Waals surface area contributed by atoms with E-state index in [0.29, 0.717) is 29.4 Å². The number of carbonyl (C=O) groups excluding carboxylic acids is 1. The number of nitrogens with zero attached hydrogens (tertiary/aromatic N) is 1. The molecule has 1 aromatic carbocycles. The fourth-order valence-electron chi connectivity index (χ4n) is 2.37. The van der Waals surface area contributed by atoms with Crippen molar-refractivity contribution in [1.29, 1.82) is 0 Å². The third-order valence-electron chi connectivity index (χ3n) is 3.36. The lowest BCUT2D eigenvalue weighted by atomic mass is 10.1. The van der Waals surface area contributed by atoms with E-state index in [9.17, 15) is 13.2 Å². The fourth-order valence-corrected chi connectivity index (χ4v) is 3.99. The molecule has 21 heavy (non-hydrogen) atoms. The minimum Gasteiger partial charge on any atom is -0.465 e. The standard InChI is InChI=1S/C13H17ClN2O4S/c1-20-13(17)10-7-9(15)8-11(14)12(10)16-3-2-5-21(18,19)6-4-16/h7-8H,2-6,15H2,1H3. The number of sulfone groups is 1. The average Bonchev–Trinajstić information content (AvgIpc) is 2.58. The molecule has 1 fully saturated rings. The minimum atomic E-state index is -3.05. The minimum absolute atomic E-state index is 0.0360. The molecule has 0 aromatic heterocycles. The topological polar surface area (TPSA) is 89.7 Å². The molecule has 2 N–H and O–H groups in total. The van der Waals surface area contributed by atoms with Crippen LogP contribution in [0.5, 0.6) is 0 Å². The molecule has 0 spiro atoms. The highest BCUT2D eigenvalue weighted by Crippen LogP contribution is 2.33. The van der Waals surface area contributed by atoms with E-state index in [-0.39, 0.29) is 23.6 Å². The van der Waals surface area contributed by atoms with Crippen LogP contribution in [0.2, 0.25) is 5.02 Å². The third-order valence-corrected chi connectivity index (χ3v) is 5.37. The zero-order chi connectivity index (χ0) is 15.6. The molecule has 6 nitrogen and oxygen atoms in total. The monoisotopic (exact) mass is 332 g/mol. The molecule has 0 bridgehead atoms. The van der Waals surface area contributed by atoms with Gasteiger partial charge in [-0.2, -0.15) is 0 Å². The number of esters is 1. The Balaban J connectivity index is 2.45. The number of hydrogen-bond donors (Lipinski definition) is 1. The predicted molar refractivity (Wildman–Crippen MR) is 82.7 cm³/mol. The van der Waals surface area contributed by atoms with E-state index >= 15 is 0 Å². The first-order chi connectivity index (χ1) is 9.84. The Morgan fingerprint density at radius 2 is 2.05 bits per heavy atom. The van der Waals surface area contributed by atoms with E-state index in [4.69, 9.17) is 22.1 Å². The average molecular weight is 333 g/mol. The van der Waals surface area contributed by atoms with Gasteiger partial charge in [0.2, 0.25) is 0 Å². The zero-order valence-corrected chi connectivity index (χ0v) is 13.2.